The van der Waals surface area contributed by atoms with Crippen LogP contribution in [0.4, 0.5) is 0 Å². The second-order valence-corrected chi connectivity index (χ2v) is 5.41. The molecule has 1 aliphatic rings. The average Bonchev–Trinajstić information content (AvgIpc) is 2.64. The summed E-state index contributed by atoms with van der Waals surface area (Å²) >= 11 is 0. The Balaban J connectivity index is 2.30. The Morgan fingerprint density at radius 2 is 2.19 bits per heavy atom. The fourth-order valence-electron chi connectivity index (χ4n) is 2.28. The van der Waals surface area contributed by atoms with Gasteiger partial charge in [-0.3, -0.25) is 0 Å². The normalized spacial score (nSPS) is 27.3. The van der Waals surface area contributed by atoms with Crippen molar-refractivity contribution < 1.29 is 9.84 Å². The molecule has 0 saturated carbocycles. The number of hydrogen-bond acceptors (Lipinski definition) is 3. The van der Waals surface area contributed by atoms with Gasteiger partial charge in [0.05, 0.1) is 5.60 Å². The van der Waals surface area contributed by atoms with Crippen molar-refractivity contribution in [3.8, 4) is 0 Å². The minimum Gasteiger partial charge on any atom is -0.396 e. The third-order valence-electron chi connectivity index (χ3n) is 3.26. The van der Waals surface area contributed by atoms with Crippen LogP contribution in [0.2, 0.25) is 0 Å². The number of methoxy groups -OCH3 is 1. The summed E-state index contributed by atoms with van der Waals surface area (Å²) in [5.74, 6) is 0.333. The topological polar surface area (TPSA) is 41.5 Å². The Morgan fingerprint density at radius 3 is 2.69 bits per heavy atom. The first-order chi connectivity index (χ1) is 7.46. The van der Waals surface area contributed by atoms with E-state index in [0.717, 1.165) is 12.8 Å². The van der Waals surface area contributed by atoms with E-state index in [2.05, 4.69) is 38.2 Å². The molecule has 0 radical (unpaired) electrons. The predicted octanol–water partition coefficient (Wildman–Crippen LogP) is 1.72. The quantitative estimate of drug-likeness (QED) is 0.679. The van der Waals surface area contributed by atoms with E-state index in [1.54, 1.807) is 7.11 Å². The van der Waals surface area contributed by atoms with Crippen molar-refractivity contribution in [2.24, 2.45) is 5.92 Å². The number of hydrogen-bond donors (Lipinski definition) is 2. The van der Waals surface area contributed by atoms with Gasteiger partial charge in [0, 0.05) is 31.7 Å². The van der Waals surface area contributed by atoms with E-state index in [-0.39, 0.29) is 12.2 Å². The number of ether oxygens (including phenoxy) is 1. The molecular weight excluding hydrogens is 202 g/mol. The predicted molar refractivity (Wildman–Crippen MR) is 66.4 cm³/mol. The van der Waals surface area contributed by atoms with Crippen molar-refractivity contribution >= 4 is 0 Å². The molecule has 0 amide bonds. The first kappa shape index (κ1) is 13.7. The molecule has 2 N–H and O–H groups in total. The highest BCUT2D eigenvalue weighted by atomic mass is 16.5. The van der Waals surface area contributed by atoms with Crippen LogP contribution >= 0.6 is 0 Å². The van der Waals surface area contributed by atoms with Gasteiger partial charge in [0.15, 0.2) is 0 Å². The number of rotatable bonds is 6. The van der Waals surface area contributed by atoms with Crippen molar-refractivity contribution in [1.29, 1.82) is 0 Å². The molecule has 1 aliphatic carbocycles. The molecule has 0 aliphatic heterocycles. The summed E-state index contributed by atoms with van der Waals surface area (Å²) < 4.78 is 5.42. The molecule has 94 valence electrons. The molecule has 3 atom stereocenters. The third-order valence-corrected chi connectivity index (χ3v) is 3.26. The fraction of sp³-hybridized carbons (Fsp3) is 0.846. The van der Waals surface area contributed by atoms with E-state index in [1.807, 2.05) is 0 Å². The molecule has 0 bridgehead atoms. The molecule has 0 heterocycles. The summed E-state index contributed by atoms with van der Waals surface area (Å²) in [5.41, 5.74) is -0.0783. The van der Waals surface area contributed by atoms with Gasteiger partial charge in [-0.05, 0) is 33.6 Å². The van der Waals surface area contributed by atoms with Gasteiger partial charge < -0.3 is 15.2 Å². The lowest BCUT2D eigenvalue weighted by Crippen LogP contribution is -2.40. The van der Waals surface area contributed by atoms with Crippen LogP contribution in [0.1, 0.15) is 33.6 Å². The first-order valence-corrected chi connectivity index (χ1v) is 6.07. The zero-order chi connectivity index (χ0) is 12.2. The molecule has 0 aromatic heterocycles. The lowest BCUT2D eigenvalue weighted by atomic mass is 9.99. The fourth-order valence-corrected chi connectivity index (χ4v) is 2.28. The summed E-state index contributed by atoms with van der Waals surface area (Å²) in [5, 5.41) is 12.6. The van der Waals surface area contributed by atoms with Crippen LogP contribution in [0.25, 0.3) is 0 Å². The van der Waals surface area contributed by atoms with Crippen LogP contribution in [-0.4, -0.2) is 36.5 Å². The van der Waals surface area contributed by atoms with Gasteiger partial charge >= 0.3 is 0 Å². The lowest BCUT2D eigenvalue weighted by molar-refractivity contribution is 0.00799. The van der Waals surface area contributed by atoms with Crippen LogP contribution in [0.15, 0.2) is 12.2 Å². The van der Waals surface area contributed by atoms with E-state index in [0.29, 0.717) is 18.0 Å². The van der Waals surface area contributed by atoms with Crippen molar-refractivity contribution in [3.63, 3.8) is 0 Å². The maximum absolute atomic E-state index is 9.04. The maximum Gasteiger partial charge on any atom is 0.0637 e. The zero-order valence-corrected chi connectivity index (χ0v) is 10.9. The van der Waals surface area contributed by atoms with Crippen LogP contribution in [0.5, 0.6) is 0 Å². The van der Waals surface area contributed by atoms with Gasteiger partial charge in [-0.1, -0.05) is 12.2 Å². The smallest absolute Gasteiger partial charge is 0.0637 e. The SMILES string of the molecule is COC(C)(C)CC(C)N[C@@H]1C=C[C@H](CO)C1. The van der Waals surface area contributed by atoms with Gasteiger partial charge in [-0.25, -0.2) is 0 Å². The average molecular weight is 227 g/mol. The molecule has 0 fully saturated rings. The standard InChI is InChI=1S/C13H25NO2/c1-10(8-13(2,3)16-4)14-12-6-5-11(7-12)9-15/h5-6,10-12,14-15H,7-9H2,1-4H3/t10?,11-,12+/m0/s1. The third kappa shape index (κ3) is 4.24. The molecule has 0 spiro atoms. The number of nitrogens with one attached hydrogen (secondary N) is 1. The van der Waals surface area contributed by atoms with E-state index in [9.17, 15) is 0 Å². The molecule has 1 unspecified atom stereocenters. The Labute approximate surface area is 98.9 Å². The van der Waals surface area contributed by atoms with Crippen LogP contribution in [0, 0.1) is 5.92 Å². The zero-order valence-electron chi connectivity index (χ0n) is 10.9. The lowest BCUT2D eigenvalue weighted by Gasteiger charge is -2.28. The summed E-state index contributed by atoms with van der Waals surface area (Å²) in [6, 6.07) is 0.821. The molecule has 0 saturated heterocycles. The Kier molecular flexibility index (Phi) is 4.96. The Bertz CT molecular complexity index is 238. The van der Waals surface area contributed by atoms with Gasteiger partial charge in [-0.15, -0.1) is 0 Å². The van der Waals surface area contributed by atoms with Gasteiger partial charge in [0.2, 0.25) is 0 Å². The molecular formula is C13H25NO2. The van der Waals surface area contributed by atoms with Crippen molar-refractivity contribution in [2.75, 3.05) is 13.7 Å². The number of aliphatic hydroxyl groups is 1. The maximum atomic E-state index is 9.04. The van der Waals surface area contributed by atoms with Crippen molar-refractivity contribution in [1.82, 2.24) is 5.32 Å². The monoisotopic (exact) mass is 227 g/mol. The second kappa shape index (κ2) is 5.80. The molecule has 3 heteroatoms. The molecule has 0 aromatic rings. The van der Waals surface area contributed by atoms with Crippen molar-refractivity contribution in [3.05, 3.63) is 12.2 Å². The molecule has 3 nitrogen and oxygen atoms in total. The number of aliphatic hydroxyl groups excluding tert-OH is 1. The highest BCUT2D eigenvalue weighted by Gasteiger charge is 2.24. The van der Waals surface area contributed by atoms with E-state index >= 15 is 0 Å². The highest BCUT2D eigenvalue weighted by Crippen LogP contribution is 2.20. The summed E-state index contributed by atoms with van der Waals surface area (Å²) in [6.45, 7) is 6.64. The van der Waals surface area contributed by atoms with Gasteiger partial charge in [0.1, 0.15) is 0 Å². The first-order valence-electron chi connectivity index (χ1n) is 6.07. The van der Waals surface area contributed by atoms with E-state index in [4.69, 9.17) is 9.84 Å². The van der Waals surface area contributed by atoms with Crippen molar-refractivity contribution in [2.45, 2.75) is 51.3 Å². The van der Waals surface area contributed by atoms with Crippen LogP contribution in [0.3, 0.4) is 0 Å². The molecule has 1 rings (SSSR count). The van der Waals surface area contributed by atoms with Crippen LogP contribution in [-0.2, 0) is 4.74 Å². The Hall–Kier alpha value is -0.380. The largest absolute Gasteiger partial charge is 0.396 e. The summed E-state index contributed by atoms with van der Waals surface area (Å²) in [4.78, 5) is 0. The van der Waals surface area contributed by atoms with Crippen LogP contribution < -0.4 is 5.32 Å². The molecule has 0 aromatic carbocycles. The van der Waals surface area contributed by atoms with Gasteiger partial charge in [-0.2, -0.15) is 0 Å². The molecule has 16 heavy (non-hydrogen) atoms. The minimum atomic E-state index is -0.0783. The van der Waals surface area contributed by atoms with E-state index < -0.39 is 0 Å². The second-order valence-electron chi connectivity index (χ2n) is 5.41. The minimum absolute atomic E-state index is 0.0783. The Morgan fingerprint density at radius 1 is 1.50 bits per heavy atom. The summed E-state index contributed by atoms with van der Waals surface area (Å²) in [6.07, 6.45) is 6.26. The summed E-state index contributed by atoms with van der Waals surface area (Å²) in [7, 11) is 1.75. The van der Waals surface area contributed by atoms with Gasteiger partial charge in [0.25, 0.3) is 0 Å². The van der Waals surface area contributed by atoms with E-state index in [1.165, 1.54) is 0 Å². The highest BCUT2D eigenvalue weighted by molar-refractivity contribution is 5.06.